The number of rotatable bonds is 2. The normalized spacial score (nSPS) is 16.5. The van der Waals surface area contributed by atoms with Gasteiger partial charge in [-0.2, -0.15) is 0 Å². The van der Waals surface area contributed by atoms with Crippen LogP contribution in [0.1, 0.15) is 58.4 Å². The molecule has 1 aliphatic carbocycles. The van der Waals surface area contributed by atoms with Crippen molar-refractivity contribution in [2.45, 2.75) is 45.4 Å². The van der Waals surface area contributed by atoms with Crippen LogP contribution in [0.15, 0.2) is 72.7 Å². The Labute approximate surface area is 191 Å². The first-order chi connectivity index (χ1) is 16.8. The number of nitrogens with zero attached hydrogens (tertiary/aromatic N) is 3. The maximum atomic E-state index is 8.43. The van der Waals surface area contributed by atoms with E-state index in [0.717, 1.165) is 11.1 Å². The van der Waals surface area contributed by atoms with Gasteiger partial charge in [-0.05, 0) is 28.3 Å². The lowest BCUT2D eigenvalue weighted by atomic mass is 9.82. The van der Waals surface area contributed by atoms with Gasteiger partial charge in [-0.3, -0.25) is 0 Å². The largest absolute Gasteiger partial charge is 0.212 e. The summed E-state index contributed by atoms with van der Waals surface area (Å²) in [4.78, 5) is 14.0. The van der Waals surface area contributed by atoms with Crippen molar-refractivity contribution in [1.29, 1.82) is 0 Å². The molecule has 0 N–H and O–H groups in total. The fourth-order valence-electron chi connectivity index (χ4n) is 4.17. The van der Waals surface area contributed by atoms with Crippen molar-refractivity contribution in [2.24, 2.45) is 0 Å². The fraction of sp³-hybridized carbons (Fsp3) is 0.250. The number of aromatic nitrogens is 3. The SMILES string of the molecule is [2H]c1c([2H])c([2H])c(-c2nc(-c3ccc4c(c3)-c3ccccc3C4(C)C)nc(C(C)(C)C)n2)c([2H])c1[2H]. The molecular weight excluding hydrogens is 378 g/mol. The Kier molecular flexibility index (Phi) is 3.23. The molecule has 4 aromatic rings. The predicted octanol–water partition coefficient (Wildman–Crippen LogP) is 6.81. The first-order valence-corrected chi connectivity index (χ1v) is 10.4. The van der Waals surface area contributed by atoms with Crippen LogP contribution in [-0.2, 0) is 10.8 Å². The maximum Gasteiger partial charge on any atom is 0.163 e. The van der Waals surface area contributed by atoms with Gasteiger partial charge in [-0.1, -0.05) is 101 Å². The molecule has 5 rings (SSSR count). The molecule has 31 heavy (non-hydrogen) atoms. The maximum absolute atomic E-state index is 8.43. The standard InChI is InChI=1S/C28H27N3/c1-27(2,3)26-30-24(18-11-7-6-8-12-18)29-25(31-26)19-15-16-23-21(17-19)20-13-9-10-14-22(20)28(23,4)5/h6-17H,1-5H3/i6D,7D,8D,11D,12D. The van der Waals surface area contributed by atoms with Crippen molar-refractivity contribution in [1.82, 2.24) is 15.0 Å². The molecule has 0 saturated carbocycles. The average Bonchev–Trinajstić information content (AvgIpc) is 3.07. The molecular formula is C28H27N3. The molecule has 0 spiro atoms. The van der Waals surface area contributed by atoms with E-state index in [1.807, 2.05) is 32.9 Å². The van der Waals surface area contributed by atoms with Crippen LogP contribution in [0.3, 0.4) is 0 Å². The third kappa shape index (κ3) is 3.25. The van der Waals surface area contributed by atoms with Gasteiger partial charge in [0.2, 0.25) is 0 Å². The summed E-state index contributed by atoms with van der Waals surface area (Å²) in [5, 5.41) is 0. The van der Waals surface area contributed by atoms with Crippen LogP contribution in [0.2, 0.25) is 0 Å². The molecule has 0 unspecified atom stereocenters. The average molecular weight is 411 g/mol. The second-order valence-corrected chi connectivity index (χ2v) is 9.49. The van der Waals surface area contributed by atoms with E-state index < -0.39 is 23.5 Å². The molecule has 3 aromatic carbocycles. The minimum absolute atomic E-state index is 0.0252. The molecule has 0 atom stereocenters. The van der Waals surface area contributed by atoms with Crippen molar-refractivity contribution >= 4 is 0 Å². The van der Waals surface area contributed by atoms with E-state index in [-0.39, 0.29) is 28.9 Å². The second-order valence-electron chi connectivity index (χ2n) is 9.49. The predicted molar refractivity (Wildman–Crippen MR) is 127 cm³/mol. The van der Waals surface area contributed by atoms with Gasteiger partial charge < -0.3 is 0 Å². The van der Waals surface area contributed by atoms with Crippen molar-refractivity contribution in [3.05, 3.63) is 89.6 Å². The molecule has 0 bridgehead atoms. The van der Waals surface area contributed by atoms with Crippen LogP contribution in [0, 0.1) is 0 Å². The number of hydrogen-bond donors (Lipinski definition) is 0. The Hall–Kier alpha value is -3.33. The van der Waals surface area contributed by atoms with Crippen LogP contribution in [0.25, 0.3) is 33.9 Å². The lowest BCUT2D eigenvalue weighted by molar-refractivity contribution is 0.543. The highest BCUT2D eigenvalue weighted by Crippen LogP contribution is 2.49. The van der Waals surface area contributed by atoms with E-state index in [9.17, 15) is 0 Å². The van der Waals surface area contributed by atoms with Gasteiger partial charge in [0.15, 0.2) is 11.6 Å². The molecule has 0 radical (unpaired) electrons. The summed E-state index contributed by atoms with van der Waals surface area (Å²) in [6, 6.07) is 12.6. The van der Waals surface area contributed by atoms with Crippen molar-refractivity contribution in [3.63, 3.8) is 0 Å². The van der Waals surface area contributed by atoms with Crippen LogP contribution >= 0.6 is 0 Å². The van der Waals surface area contributed by atoms with Crippen LogP contribution in [0.4, 0.5) is 0 Å². The van der Waals surface area contributed by atoms with E-state index >= 15 is 0 Å². The molecule has 3 nitrogen and oxygen atoms in total. The third-order valence-corrected chi connectivity index (χ3v) is 5.87. The van der Waals surface area contributed by atoms with Gasteiger partial charge in [0.05, 0.1) is 6.85 Å². The molecule has 1 heterocycles. The summed E-state index contributed by atoms with van der Waals surface area (Å²) in [7, 11) is 0. The number of benzene rings is 3. The van der Waals surface area contributed by atoms with Crippen LogP contribution in [0.5, 0.6) is 0 Å². The lowest BCUT2D eigenvalue weighted by Crippen LogP contribution is -2.18. The molecule has 3 heteroatoms. The highest BCUT2D eigenvalue weighted by atomic mass is 15.0. The van der Waals surface area contributed by atoms with Crippen LogP contribution in [-0.4, -0.2) is 15.0 Å². The number of hydrogen-bond acceptors (Lipinski definition) is 3. The van der Waals surface area contributed by atoms with E-state index in [0.29, 0.717) is 11.6 Å². The van der Waals surface area contributed by atoms with Gasteiger partial charge in [0.1, 0.15) is 5.82 Å². The summed E-state index contributed by atoms with van der Waals surface area (Å²) in [5.74, 6) is 0.959. The first-order valence-electron chi connectivity index (χ1n) is 12.9. The van der Waals surface area contributed by atoms with Crippen molar-refractivity contribution < 1.29 is 6.85 Å². The zero-order valence-electron chi connectivity index (χ0n) is 23.4. The Morgan fingerprint density at radius 1 is 0.742 bits per heavy atom. The zero-order valence-corrected chi connectivity index (χ0v) is 18.4. The van der Waals surface area contributed by atoms with E-state index in [2.05, 4.69) is 54.1 Å². The summed E-state index contributed by atoms with van der Waals surface area (Å²) in [5.41, 5.74) is 4.96. The minimum Gasteiger partial charge on any atom is -0.212 e. The zero-order chi connectivity index (χ0) is 26.2. The summed E-state index contributed by atoms with van der Waals surface area (Å²) in [6.45, 7) is 10.3. The Bertz CT molecular complexity index is 1530. The lowest BCUT2D eigenvalue weighted by Gasteiger charge is -2.21. The first kappa shape index (κ1) is 14.6. The summed E-state index contributed by atoms with van der Waals surface area (Å²) >= 11 is 0. The van der Waals surface area contributed by atoms with Crippen molar-refractivity contribution in [3.8, 4) is 33.9 Å². The highest BCUT2D eigenvalue weighted by Gasteiger charge is 2.35. The monoisotopic (exact) mass is 410 g/mol. The molecule has 0 aliphatic heterocycles. The van der Waals surface area contributed by atoms with Crippen LogP contribution < -0.4 is 0 Å². The van der Waals surface area contributed by atoms with Crippen molar-refractivity contribution in [2.75, 3.05) is 0 Å². The summed E-state index contributed by atoms with van der Waals surface area (Å²) in [6.07, 6.45) is 0. The Morgan fingerprint density at radius 3 is 2.10 bits per heavy atom. The van der Waals surface area contributed by atoms with E-state index in [1.54, 1.807) is 0 Å². The Morgan fingerprint density at radius 2 is 1.39 bits per heavy atom. The topological polar surface area (TPSA) is 38.7 Å². The van der Waals surface area contributed by atoms with Gasteiger partial charge >= 0.3 is 0 Å². The molecule has 0 fully saturated rings. The fourth-order valence-corrected chi connectivity index (χ4v) is 4.17. The van der Waals surface area contributed by atoms with Gasteiger partial charge in [0.25, 0.3) is 0 Å². The highest BCUT2D eigenvalue weighted by molar-refractivity contribution is 5.83. The molecule has 0 saturated heterocycles. The molecule has 1 aromatic heterocycles. The minimum atomic E-state index is -0.453. The van der Waals surface area contributed by atoms with Gasteiger partial charge in [0, 0.05) is 22.0 Å². The summed E-state index contributed by atoms with van der Waals surface area (Å²) < 4.78 is 41.0. The molecule has 0 amide bonds. The van der Waals surface area contributed by atoms with Gasteiger partial charge in [-0.15, -0.1) is 0 Å². The third-order valence-electron chi connectivity index (χ3n) is 5.87. The second kappa shape index (κ2) is 6.84. The van der Waals surface area contributed by atoms with E-state index in [4.69, 9.17) is 11.8 Å². The Balaban J connectivity index is 1.76. The van der Waals surface area contributed by atoms with Gasteiger partial charge in [-0.25, -0.2) is 15.0 Å². The molecule has 1 aliphatic rings. The smallest absolute Gasteiger partial charge is 0.163 e. The number of fused-ring (bicyclic) bond motifs is 3. The molecule has 154 valence electrons. The van der Waals surface area contributed by atoms with E-state index in [1.165, 1.54) is 16.7 Å². The quantitative estimate of drug-likeness (QED) is 0.364.